The summed E-state index contributed by atoms with van der Waals surface area (Å²) in [5.74, 6) is 0.936. The first-order chi connectivity index (χ1) is 9.06. The van der Waals surface area contributed by atoms with Gasteiger partial charge in [-0.05, 0) is 0 Å². The molecular formula is C11H15N7O. The molecule has 0 bridgehead atoms. The predicted molar refractivity (Wildman–Crippen MR) is 69.2 cm³/mol. The molecule has 0 aliphatic carbocycles. The van der Waals surface area contributed by atoms with E-state index in [1.54, 1.807) is 34.8 Å². The minimum atomic E-state index is -0.00715. The molecular weight excluding hydrogens is 246 g/mol. The smallest absolute Gasteiger partial charge is 0.320 e. The van der Waals surface area contributed by atoms with Crippen LogP contribution in [-0.4, -0.2) is 55.7 Å². The Morgan fingerprint density at radius 2 is 2.11 bits per heavy atom. The van der Waals surface area contributed by atoms with Crippen LogP contribution < -0.4 is 5.73 Å². The Morgan fingerprint density at radius 3 is 2.79 bits per heavy atom. The normalized spacial score (nSPS) is 15.8. The lowest BCUT2D eigenvalue weighted by Crippen LogP contribution is -2.29. The van der Waals surface area contributed by atoms with Crippen molar-refractivity contribution in [2.75, 3.05) is 25.9 Å². The van der Waals surface area contributed by atoms with Crippen molar-refractivity contribution in [3.8, 4) is 0 Å². The van der Waals surface area contributed by atoms with E-state index in [-0.39, 0.29) is 6.03 Å². The van der Waals surface area contributed by atoms with Gasteiger partial charge in [-0.15, -0.1) is 0 Å². The number of urea groups is 1. The van der Waals surface area contributed by atoms with Gasteiger partial charge in [0.15, 0.2) is 11.5 Å². The molecule has 1 fully saturated rings. The molecule has 100 valence electrons. The molecule has 2 amide bonds. The third kappa shape index (κ3) is 1.85. The van der Waals surface area contributed by atoms with Gasteiger partial charge in [-0.25, -0.2) is 14.8 Å². The van der Waals surface area contributed by atoms with Gasteiger partial charge in [0.2, 0.25) is 0 Å². The first-order valence-corrected chi connectivity index (χ1v) is 6.00. The number of amides is 2. The molecule has 19 heavy (non-hydrogen) atoms. The highest BCUT2D eigenvalue weighted by molar-refractivity contribution is 5.85. The molecule has 8 nitrogen and oxygen atoms in total. The minimum absolute atomic E-state index is 0.00715. The number of nitrogens with two attached hydrogens (primary N) is 1. The van der Waals surface area contributed by atoms with Crippen LogP contribution in [0.15, 0.2) is 6.20 Å². The number of aryl methyl sites for hydroxylation is 1. The Hall–Kier alpha value is -2.38. The summed E-state index contributed by atoms with van der Waals surface area (Å²) in [7, 11) is 3.58. The summed E-state index contributed by atoms with van der Waals surface area (Å²) >= 11 is 0. The Morgan fingerprint density at radius 1 is 1.32 bits per heavy atom. The number of carbonyl (C=O) groups excluding carboxylic acids is 1. The molecule has 0 unspecified atom stereocenters. The average molecular weight is 261 g/mol. The van der Waals surface area contributed by atoms with Crippen LogP contribution in [0.1, 0.15) is 5.82 Å². The number of likely N-dealkylation sites (N-methyl/N-ethyl adjacent to an activating group) is 1. The van der Waals surface area contributed by atoms with E-state index >= 15 is 0 Å². The molecule has 0 spiro atoms. The summed E-state index contributed by atoms with van der Waals surface area (Å²) in [4.78, 5) is 23.9. The fourth-order valence-corrected chi connectivity index (χ4v) is 2.18. The van der Waals surface area contributed by atoms with Crippen molar-refractivity contribution in [1.82, 2.24) is 29.5 Å². The molecule has 2 aromatic heterocycles. The van der Waals surface area contributed by atoms with Crippen molar-refractivity contribution < 1.29 is 4.79 Å². The molecule has 1 saturated heterocycles. The first kappa shape index (κ1) is 11.7. The monoisotopic (exact) mass is 261 g/mol. The molecule has 0 radical (unpaired) electrons. The van der Waals surface area contributed by atoms with Crippen LogP contribution in [-0.2, 0) is 13.6 Å². The molecule has 8 heteroatoms. The molecule has 0 atom stereocenters. The second-order valence-corrected chi connectivity index (χ2v) is 4.66. The van der Waals surface area contributed by atoms with Crippen LogP contribution in [0.25, 0.3) is 11.0 Å². The van der Waals surface area contributed by atoms with Crippen LogP contribution in [0.4, 0.5) is 10.6 Å². The molecule has 3 rings (SSSR count). The van der Waals surface area contributed by atoms with E-state index in [1.165, 1.54) is 0 Å². The van der Waals surface area contributed by atoms with E-state index in [0.29, 0.717) is 30.4 Å². The van der Waals surface area contributed by atoms with Gasteiger partial charge in [-0.3, -0.25) is 4.68 Å². The third-order valence-electron chi connectivity index (χ3n) is 3.30. The summed E-state index contributed by atoms with van der Waals surface area (Å²) in [6.45, 7) is 1.78. The van der Waals surface area contributed by atoms with Crippen LogP contribution >= 0.6 is 0 Å². The standard InChI is InChI=1S/C11H15N7O/c1-16-3-4-18(11(16)19)6-8-14-9(12)7-5-13-17(2)10(7)15-8/h5H,3-4,6H2,1-2H3,(H2,12,14,15). The van der Waals surface area contributed by atoms with Crippen LogP contribution in [0.3, 0.4) is 0 Å². The van der Waals surface area contributed by atoms with Crippen molar-refractivity contribution in [3.63, 3.8) is 0 Å². The van der Waals surface area contributed by atoms with Gasteiger partial charge in [0.05, 0.1) is 18.1 Å². The fraction of sp³-hybridized carbons (Fsp3) is 0.455. The van der Waals surface area contributed by atoms with Crippen molar-refractivity contribution in [2.45, 2.75) is 6.54 Å². The second-order valence-electron chi connectivity index (χ2n) is 4.66. The van der Waals surface area contributed by atoms with E-state index in [0.717, 1.165) is 11.9 Å². The highest BCUT2D eigenvalue weighted by atomic mass is 16.2. The summed E-state index contributed by atoms with van der Waals surface area (Å²) < 4.78 is 1.65. The summed E-state index contributed by atoms with van der Waals surface area (Å²) in [5, 5.41) is 4.83. The van der Waals surface area contributed by atoms with E-state index < -0.39 is 0 Å². The maximum Gasteiger partial charge on any atom is 0.320 e. The van der Waals surface area contributed by atoms with Crippen molar-refractivity contribution in [3.05, 3.63) is 12.0 Å². The average Bonchev–Trinajstić information content (AvgIpc) is 2.89. The zero-order chi connectivity index (χ0) is 13.6. The number of nitrogen functional groups attached to an aromatic ring is 1. The Bertz CT molecular complexity index is 650. The van der Waals surface area contributed by atoms with Gasteiger partial charge in [0.25, 0.3) is 0 Å². The number of anilines is 1. The largest absolute Gasteiger partial charge is 0.383 e. The first-order valence-electron chi connectivity index (χ1n) is 6.00. The zero-order valence-corrected chi connectivity index (χ0v) is 10.9. The SMILES string of the molecule is CN1CCN(Cc2nc(N)c3cnn(C)c3n2)C1=O. The maximum absolute atomic E-state index is 11.8. The molecule has 2 N–H and O–H groups in total. The number of carbonyl (C=O) groups is 1. The Kier molecular flexibility index (Phi) is 2.51. The molecule has 3 heterocycles. The van der Waals surface area contributed by atoms with Gasteiger partial charge in [0.1, 0.15) is 5.82 Å². The topological polar surface area (TPSA) is 93.2 Å². The fourth-order valence-electron chi connectivity index (χ4n) is 2.18. The molecule has 0 saturated carbocycles. The van der Waals surface area contributed by atoms with E-state index in [4.69, 9.17) is 5.73 Å². The van der Waals surface area contributed by atoms with E-state index in [1.807, 2.05) is 0 Å². The van der Waals surface area contributed by atoms with Gasteiger partial charge >= 0.3 is 6.03 Å². The minimum Gasteiger partial charge on any atom is -0.383 e. The third-order valence-corrected chi connectivity index (χ3v) is 3.30. The lowest BCUT2D eigenvalue weighted by atomic mass is 10.4. The quantitative estimate of drug-likeness (QED) is 0.809. The van der Waals surface area contributed by atoms with Crippen molar-refractivity contribution in [2.24, 2.45) is 7.05 Å². The summed E-state index contributed by atoms with van der Waals surface area (Å²) in [6.07, 6.45) is 1.64. The predicted octanol–water partition coefficient (Wildman–Crippen LogP) is -0.187. The maximum atomic E-state index is 11.8. The Balaban J connectivity index is 1.93. The molecule has 2 aromatic rings. The van der Waals surface area contributed by atoms with Gasteiger partial charge in [0, 0.05) is 27.2 Å². The summed E-state index contributed by atoms with van der Waals surface area (Å²) in [5.41, 5.74) is 6.57. The van der Waals surface area contributed by atoms with Gasteiger partial charge in [-0.2, -0.15) is 5.10 Å². The molecule has 0 aromatic carbocycles. The Labute approximate surface area is 109 Å². The van der Waals surface area contributed by atoms with Crippen molar-refractivity contribution >= 4 is 22.9 Å². The number of rotatable bonds is 2. The van der Waals surface area contributed by atoms with Crippen molar-refractivity contribution in [1.29, 1.82) is 0 Å². The van der Waals surface area contributed by atoms with Crippen LogP contribution in [0.5, 0.6) is 0 Å². The lowest BCUT2D eigenvalue weighted by molar-refractivity contribution is 0.196. The van der Waals surface area contributed by atoms with Crippen LogP contribution in [0, 0.1) is 0 Å². The number of nitrogens with zero attached hydrogens (tertiary/aromatic N) is 6. The molecule has 1 aliphatic heterocycles. The van der Waals surface area contributed by atoms with E-state index in [2.05, 4.69) is 15.1 Å². The second kappa shape index (κ2) is 4.08. The highest BCUT2D eigenvalue weighted by Gasteiger charge is 2.26. The number of hydrogen-bond donors (Lipinski definition) is 1. The summed E-state index contributed by atoms with van der Waals surface area (Å²) in [6, 6.07) is -0.00715. The zero-order valence-electron chi connectivity index (χ0n) is 10.9. The van der Waals surface area contributed by atoms with Gasteiger partial charge < -0.3 is 15.5 Å². The lowest BCUT2D eigenvalue weighted by Gasteiger charge is -2.15. The number of hydrogen-bond acceptors (Lipinski definition) is 5. The number of fused-ring (bicyclic) bond motifs is 1. The van der Waals surface area contributed by atoms with Crippen LogP contribution in [0.2, 0.25) is 0 Å². The van der Waals surface area contributed by atoms with E-state index in [9.17, 15) is 4.79 Å². The molecule has 1 aliphatic rings. The number of aromatic nitrogens is 4. The highest BCUT2D eigenvalue weighted by Crippen LogP contribution is 2.18. The van der Waals surface area contributed by atoms with Gasteiger partial charge in [-0.1, -0.05) is 0 Å².